The molecule has 2 nitrogen and oxygen atoms in total. The summed E-state index contributed by atoms with van der Waals surface area (Å²) in [6, 6.07) is 0.287. The molecule has 0 aliphatic rings. The van der Waals surface area contributed by atoms with E-state index >= 15 is 0 Å². The van der Waals surface area contributed by atoms with Crippen LogP contribution >= 0.6 is 0 Å². The third kappa shape index (κ3) is 4.77. The van der Waals surface area contributed by atoms with Gasteiger partial charge in [-0.3, -0.25) is 0 Å². The second-order valence-electron chi connectivity index (χ2n) is 3.48. The van der Waals surface area contributed by atoms with Gasteiger partial charge in [-0.1, -0.05) is 0 Å². The van der Waals surface area contributed by atoms with E-state index in [0.717, 1.165) is 12.8 Å². The fourth-order valence-corrected chi connectivity index (χ4v) is 0.677. The highest BCUT2D eigenvalue weighted by atomic mass is 16.5. The number of rotatable bonds is 4. The van der Waals surface area contributed by atoms with Gasteiger partial charge >= 0.3 is 0 Å². The lowest BCUT2D eigenvalue weighted by molar-refractivity contribution is 0.0128. The topological polar surface area (TPSA) is 35.2 Å². The Morgan fingerprint density at radius 3 is 2.30 bits per heavy atom. The average molecular weight is 145 g/mol. The van der Waals surface area contributed by atoms with E-state index in [1.165, 1.54) is 0 Å². The van der Waals surface area contributed by atoms with Crippen LogP contribution in [0.15, 0.2) is 0 Å². The molecule has 2 N–H and O–H groups in total. The minimum Gasteiger partial charge on any atom is -0.379 e. The van der Waals surface area contributed by atoms with Crippen LogP contribution in [-0.4, -0.2) is 18.8 Å². The first-order valence-corrected chi connectivity index (χ1v) is 3.78. The van der Waals surface area contributed by atoms with Gasteiger partial charge in [0.15, 0.2) is 0 Å². The Bertz CT molecular complexity index is 89.3. The Balaban J connectivity index is 3.46. The fourth-order valence-electron chi connectivity index (χ4n) is 0.677. The second-order valence-corrected chi connectivity index (χ2v) is 3.48. The molecule has 0 saturated carbocycles. The van der Waals surface area contributed by atoms with E-state index < -0.39 is 0 Å². The molecule has 0 spiro atoms. The fraction of sp³-hybridized carbons (Fsp3) is 1.00. The van der Waals surface area contributed by atoms with Gasteiger partial charge in [0, 0.05) is 13.2 Å². The van der Waals surface area contributed by atoms with Crippen molar-refractivity contribution in [3.63, 3.8) is 0 Å². The van der Waals surface area contributed by atoms with Gasteiger partial charge in [-0.05, 0) is 33.6 Å². The lowest BCUT2D eigenvalue weighted by atomic mass is 10.00. The number of hydrogen-bond acceptors (Lipinski definition) is 2. The molecule has 10 heavy (non-hydrogen) atoms. The quantitative estimate of drug-likeness (QED) is 0.651. The van der Waals surface area contributed by atoms with Gasteiger partial charge in [0.1, 0.15) is 0 Å². The molecule has 0 amide bonds. The smallest absolute Gasteiger partial charge is 0.0623 e. The van der Waals surface area contributed by atoms with Crippen molar-refractivity contribution in [2.45, 2.75) is 45.3 Å². The summed E-state index contributed by atoms with van der Waals surface area (Å²) in [6.45, 7) is 6.18. The van der Waals surface area contributed by atoms with E-state index in [4.69, 9.17) is 10.5 Å². The molecule has 0 aromatic carbocycles. The molecular formula is C8H19NO. The Kier molecular flexibility index (Phi) is 3.91. The normalized spacial score (nSPS) is 15.3. The van der Waals surface area contributed by atoms with Gasteiger partial charge in [-0.25, -0.2) is 0 Å². The molecule has 0 saturated heterocycles. The Labute approximate surface area is 63.7 Å². The third-order valence-electron chi connectivity index (χ3n) is 1.75. The van der Waals surface area contributed by atoms with Crippen LogP contribution < -0.4 is 5.73 Å². The van der Waals surface area contributed by atoms with Crippen LogP contribution in [0.2, 0.25) is 0 Å². The zero-order valence-corrected chi connectivity index (χ0v) is 7.48. The van der Waals surface area contributed by atoms with Crippen molar-refractivity contribution in [3.05, 3.63) is 0 Å². The summed E-state index contributed by atoms with van der Waals surface area (Å²) < 4.78 is 5.23. The predicted molar refractivity (Wildman–Crippen MR) is 44.0 cm³/mol. The lowest BCUT2D eigenvalue weighted by Crippen LogP contribution is -2.26. The maximum Gasteiger partial charge on any atom is 0.0623 e. The minimum atomic E-state index is -0.00632. The number of ether oxygens (including phenoxy) is 1. The van der Waals surface area contributed by atoms with Crippen LogP contribution in [0.3, 0.4) is 0 Å². The molecule has 0 rings (SSSR count). The van der Waals surface area contributed by atoms with Crippen LogP contribution in [0.1, 0.15) is 33.6 Å². The molecule has 0 fully saturated rings. The molecule has 0 aromatic rings. The monoisotopic (exact) mass is 145 g/mol. The third-order valence-corrected chi connectivity index (χ3v) is 1.75. The molecule has 0 aromatic heterocycles. The maximum atomic E-state index is 5.60. The SMILES string of the molecule is COC(C)(C)CCC(C)N. The van der Waals surface area contributed by atoms with Crippen molar-refractivity contribution in [2.24, 2.45) is 5.73 Å². The summed E-state index contributed by atoms with van der Waals surface area (Å²) in [4.78, 5) is 0. The van der Waals surface area contributed by atoms with Crippen LogP contribution in [0.25, 0.3) is 0 Å². The van der Waals surface area contributed by atoms with Crippen molar-refractivity contribution >= 4 is 0 Å². The molecule has 62 valence electrons. The van der Waals surface area contributed by atoms with Crippen molar-refractivity contribution < 1.29 is 4.74 Å². The van der Waals surface area contributed by atoms with Gasteiger partial charge in [-0.2, -0.15) is 0 Å². The standard InChI is InChI=1S/C8H19NO/c1-7(9)5-6-8(2,3)10-4/h7H,5-6,9H2,1-4H3. The zero-order chi connectivity index (χ0) is 8.20. The first-order chi connectivity index (χ1) is 4.48. The minimum absolute atomic E-state index is 0.00632. The lowest BCUT2D eigenvalue weighted by Gasteiger charge is -2.23. The maximum absolute atomic E-state index is 5.60. The number of nitrogens with two attached hydrogens (primary N) is 1. The van der Waals surface area contributed by atoms with E-state index in [9.17, 15) is 0 Å². The largest absolute Gasteiger partial charge is 0.379 e. The van der Waals surface area contributed by atoms with Crippen LogP contribution in [-0.2, 0) is 4.74 Å². The summed E-state index contributed by atoms with van der Waals surface area (Å²) >= 11 is 0. The molecule has 1 unspecified atom stereocenters. The van der Waals surface area contributed by atoms with E-state index in [1.54, 1.807) is 7.11 Å². The predicted octanol–water partition coefficient (Wildman–Crippen LogP) is 1.54. The van der Waals surface area contributed by atoms with Gasteiger partial charge in [0.25, 0.3) is 0 Å². The molecule has 0 bridgehead atoms. The Morgan fingerprint density at radius 1 is 1.50 bits per heavy atom. The van der Waals surface area contributed by atoms with E-state index in [1.807, 2.05) is 6.92 Å². The van der Waals surface area contributed by atoms with Crippen molar-refractivity contribution in [1.82, 2.24) is 0 Å². The summed E-state index contributed by atoms with van der Waals surface area (Å²) in [6.07, 6.45) is 2.06. The van der Waals surface area contributed by atoms with E-state index in [2.05, 4.69) is 13.8 Å². The summed E-state index contributed by atoms with van der Waals surface area (Å²) in [7, 11) is 1.74. The van der Waals surface area contributed by atoms with Crippen molar-refractivity contribution in [3.8, 4) is 0 Å². The highest BCUT2D eigenvalue weighted by molar-refractivity contribution is 4.69. The zero-order valence-electron chi connectivity index (χ0n) is 7.48. The van der Waals surface area contributed by atoms with Crippen molar-refractivity contribution in [1.29, 1.82) is 0 Å². The first kappa shape index (κ1) is 9.92. The van der Waals surface area contributed by atoms with Gasteiger partial charge in [-0.15, -0.1) is 0 Å². The first-order valence-electron chi connectivity index (χ1n) is 3.78. The summed E-state index contributed by atoms with van der Waals surface area (Å²) in [5.74, 6) is 0. The second kappa shape index (κ2) is 3.94. The molecule has 1 atom stereocenters. The molecule has 0 aliphatic heterocycles. The average Bonchev–Trinajstić information content (AvgIpc) is 1.85. The highest BCUT2D eigenvalue weighted by Gasteiger charge is 2.15. The van der Waals surface area contributed by atoms with Gasteiger partial charge in [0.2, 0.25) is 0 Å². The Hall–Kier alpha value is -0.0800. The van der Waals surface area contributed by atoms with Crippen LogP contribution in [0.4, 0.5) is 0 Å². The molecule has 0 heterocycles. The molecule has 2 heteroatoms. The van der Waals surface area contributed by atoms with Gasteiger partial charge < -0.3 is 10.5 Å². The van der Waals surface area contributed by atoms with E-state index in [0.29, 0.717) is 0 Å². The van der Waals surface area contributed by atoms with Crippen LogP contribution in [0, 0.1) is 0 Å². The summed E-state index contributed by atoms with van der Waals surface area (Å²) in [5, 5.41) is 0. The molecule has 0 aliphatic carbocycles. The van der Waals surface area contributed by atoms with Crippen molar-refractivity contribution in [2.75, 3.05) is 7.11 Å². The van der Waals surface area contributed by atoms with Gasteiger partial charge in [0.05, 0.1) is 5.60 Å². The number of methoxy groups -OCH3 is 1. The summed E-state index contributed by atoms with van der Waals surface area (Å²) in [5.41, 5.74) is 5.59. The molecular weight excluding hydrogens is 126 g/mol. The highest BCUT2D eigenvalue weighted by Crippen LogP contribution is 2.15. The van der Waals surface area contributed by atoms with Crippen LogP contribution in [0.5, 0.6) is 0 Å². The number of hydrogen-bond donors (Lipinski definition) is 1. The van der Waals surface area contributed by atoms with E-state index in [-0.39, 0.29) is 11.6 Å². The molecule has 0 radical (unpaired) electrons. The Morgan fingerprint density at radius 2 is 2.00 bits per heavy atom.